The SMILES string of the molecule is C(CCN1COOC1)CC1CO1. The van der Waals surface area contributed by atoms with Crippen LogP contribution in [-0.2, 0) is 14.5 Å². The molecule has 2 rings (SSSR count). The average Bonchev–Trinajstić information content (AvgIpc) is 2.76. The molecule has 0 aromatic rings. The second-order valence-electron chi connectivity index (χ2n) is 3.34. The van der Waals surface area contributed by atoms with E-state index in [-0.39, 0.29) is 0 Å². The zero-order chi connectivity index (χ0) is 8.23. The molecule has 2 aliphatic rings. The number of ether oxygens (including phenoxy) is 1. The highest BCUT2D eigenvalue weighted by Crippen LogP contribution is 2.16. The standard InChI is InChI=1S/C8H15NO3/c1(3-8-5-10-8)2-4-9-6-11-12-7-9/h8H,1-7H2. The Morgan fingerprint density at radius 1 is 1.17 bits per heavy atom. The molecule has 12 heavy (non-hydrogen) atoms. The number of epoxide rings is 1. The summed E-state index contributed by atoms with van der Waals surface area (Å²) in [4.78, 5) is 11.6. The van der Waals surface area contributed by atoms with Crippen LogP contribution in [0.4, 0.5) is 0 Å². The molecule has 70 valence electrons. The summed E-state index contributed by atoms with van der Waals surface area (Å²) in [6.45, 7) is 3.31. The third kappa shape index (κ3) is 2.71. The number of hydrogen-bond donors (Lipinski definition) is 0. The van der Waals surface area contributed by atoms with E-state index in [0.29, 0.717) is 19.6 Å². The molecule has 0 saturated carbocycles. The van der Waals surface area contributed by atoms with Gasteiger partial charge in [0, 0.05) is 6.54 Å². The van der Waals surface area contributed by atoms with Gasteiger partial charge in [-0.15, -0.1) is 0 Å². The minimum Gasteiger partial charge on any atom is -0.373 e. The lowest BCUT2D eigenvalue weighted by molar-refractivity contribution is -0.248. The van der Waals surface area contributed by atoms with Gasteiger partial charge in [0.05, 0.1) is 12.7 Å². The van der Waals surface area contributed by atoms with Crippen LogP contribution < -0.4 is 0 Å². The maximum Gasteiger partial charge on any atom is 0.137 e. The smallest absolute Gasteiger partial charge is 0.137 e. The maximum atomic E-state index is 5.12. The molecule has 1 atom stereocenters. The Morgan fingerprint density at radius 3 is 2.58 bits per heavy atom. The Morgan fingerprint density at radius 2 is 1.92 bits per heavy atom. The van der Waals surface area contributed by atoms with Crippen molar-refractivity contribution >= 4 is 0 Å². The zero-order valence-electron chi connectivity index (χ0n) is 7.20. The number of rotatable bonds is 5. The van der Waals surface area contributed by atoms with Gasteiger partial charge in [0.1, 0.15) is 13.5 Å². The Bertz CT molecular complexity index is 132. The number of nitrogens with zero attached hydrogens (tertiary/aromatic N) is 1. The van der Waals surface area contributed by atoms with E-state index in [1.54, 1.807) is 0 Å². The molecule has 2 fully saturated rings. The second-order valence-corrected chi connectivity index (χ2v) is 3.34. The minimum atomic E-state index is 0.580. The lowest BCUT2D eigenvalue weighted by Crippen LogP contribution is -2.20. The van der Waals surface area contributed by atoms with Gasteiger partial charge in [-0.1, -0.05) is 0 Å². The van der Waals surface area contributed by atoms with Crippen LogP contribution in [0.25, 0.3) is 0 Å². The fourth-order valence-corrected chi connectivity index (χ4v) is 1.33. The largest absolute Gasteiger partial charge is 0.373 e. The van der Waals surface area contributed by atoms with Crippen LogP contribution >= 0.6 is 0 Å². The van der Waals surface area contributed by atoms with E-state index < -0.39 is 0 Å². The van der Waals surface area contributed by atoms with Crippen LogP contribution in [0.15, 0.2) is 0 Å². The summed E-state index contributed by atoms with van der Waals surface area (Å²) in [6, 6.07) is 0. The van der Waals surface area contributed by atoms with E-state index in [4.69, 9.17) is 14.5 Å². The highest BCUT2D eigenvalue weighted by Gasteiger charge is 2.21. The quantitative estimate of drug-likeness (QED) is 0.349. The van der Waals surface area contributed by atoms with Crippen molar-refractivity contribution in [2.24, 2.45) is 0 Å². The Labute approximate surface area is 72.3 Å². The van der Waals surface area contributed by atoms with Crippen molar-refractivity contribution in [3.05, 3.63) is 0 Å². The molecular formula is C8H15NO3. The number of unbranched alkanes of at least 4 members (excludes halogenated alkanes) is 1. The van der Waals surface area contributed by atoms with Gasteiger partial charge >= 0.3 is 0 Å². The Kier molecular flexibility index (Phi) is 2.94. The molecule has 0 N–H and O–H groups in total. The molecule has 0 radical (unpaired) electrons. The average molecular weight is 173 g/mol. The van der Waals surface area contributed by atoms with E-state index in [1.165, 1.54) is 19.3 Å². The fraction of sp³-hybridized carbons (Fsp3) is 1.00. The molecule has 0 amide bonds. The first-order valence-corrected chi connectivity index (χ1v) is 4.53. The summed E-state index contributed by atoms with van der Waals surface area (Å²) in [5, 5.41) is 0. The molecule has 1 unspecified atom stereocenters. The Balaban J connectivity index is 1.44. The van der Waals surface area contributed by atoms with E-state index in [2.05, 4.69) is 4.90 Å². The van der Waals surface area contributed by atoms with Gasteiger partial charge < -0.3 is 4.74 Å². The predicted molar refractivity (Wildman–Crippen MR) is 42.2 cm³/mol. The fourth-order valence-electron chi connectivity index (χ4n) is 1.33. The highest BCUT2D eigenvalue weighted by molar-refractivity contribution is 4.68. The summed E-state index contributed by atoms with van der Waals surface area (Å²) in [6.07, 6.45) is 4.26. The molecule has 0 aliphatic carbocycles. The zero-order valence-corrected chi connectivity index (χ0v) is 7.20. The highest BCUT2D eigenvalue weighted by atomic mass is 17.2. The molecule has 0 spiro atoms. The van der Waals surface area contributed by atoms with Gasteiger partial charge in [0.2, 0.25) is 0 Å². The van der Waals surface area contributed by atoms with Gasteiger partial charge in [-0.05, 0) is 19.3 Å². The molecule has 0 aromatic carbocycles. The monoisotopic (exact) mass is 173 g/mol. The van der Waals surface area contributed by atoms with Crippen molar-refractivity contribution < 1.29 is 14.5 Å². The van der Waals surface area contributed by atoms with Crippen LogP contribution in [0, 0.1) is 0 Å². The minimum absolute atomic E-state index is 0.580. The summed E-state index contributed by atoms with van der Waals surface area (Å²) in [7, 11) is 0. The maximum absolute atomic E-state index is 5.12. The molecule has 4 nitrogen and oxygen atoms in total. The van der Waals surface area contributed by atoms with Crippen LogP contribution in [0.3, 0.4) is 0 Å². The molecule has 4 heteroatoms. The summed E-state index contributed by atoms with van der Waals surface area (Å²) in [5.74, 6) is 0. The molecule has 2 aliphatic heterocycles. The van der Waals surface area contributed by atoms with Gasteiger partial charge in [0.25, 0.3) is 0 Å². The van der Waals surface area contributed by atoms with Crippen LogP contribution in [0.5, 0.6) is 0 Å². The van der Waals surface area contributed by atoms with Crippen molar-refractivity contribution in [2.75, 3.05) is 26.6 Å². The van der Waals surface area contributed by atoms with E-state index in [1.807, 2.05) is 0 Å². The molecule has 2 saturated heterocycles. The third-order valence-electron chi connectivity index (χ3n) is 2.21. The topological polar surface area (TPSA) is 34.2 Å². The first kappa shape index (κ1) is 8.44. The lowest BCUT2D eigenvalue weighted by Gasteiger charge is -2.08. The normalized spacial score (nSPS) is 29.5. The van der Waals surface area contributed by atoms with Crippen LogP contribution in [0.1, 0.15) is 19.3 Å². The van der Waals surface area contributed by atoms with Crippen molar-refractivity contribution in [2.45, 2.75) is 25.4 Å². The van der Waals surface area contributed by atoms with Crippen LogP contribution in [-0.4, -0.2) is 37.6 Å². The lowest BCUT2D eigenvalue weighted by atomic mass is 10.2. The summed E-state index contributed by atoms with van der Waals surface area (Å²) in [5.41, 5.74) is 0. The van der Waals surface area contributed by atoms with E-state index >= 15 is 0 Å². The first-order valence-electron chi connectivity index (χ1n) is 4.53. The molecule has 0 aromatic heterocycles. The van der Waals surface area contributed by atoms with Gasteiger partial charge in [0.15, 0.2) is 0 Å². The van der Waals surface area contributed by atoms with Crippen molar-refractivity contribution in [1.29, 1.82) is 0 Å². The second kappa shape index (κ2) is 4.18. The molecular weight excluding hydrogens is 158 g/mol. The van der Waals surface area contributed by atoms with E-state index in [0.717, 1.165) is 13.2 Å². The van der Waals surface area contributed by atoms with Gasteiger partial charge in [-0.25, -0.2) is 9.78 Å². The van der Waals surface area contributed by atoms with Gasteiger partial charge in [-0.2, -0.15) is 0 Å². The predicted octanol–water partition coefficient (Wildman–Crippen LogP) is 0.734. The summed E-state index contributed by atoms with van der Waals surface area (Å²) < 4.78 is 5.12. The molecule has 0 bridgehead atoms. The summed E-state index contributed by atoms with van der Waals surface area (Å²) >= 11 is 0. The molecule has 2 heterocycles. The Hall–Kier alpha value is -0.160. The van der Waals surface area contributed by atoms with Crippen molar-refractivity contribution in [3.63, 3.8) is 0 Å². The van der Waals surface area contributed by atoms with Gasteiger partial charge in [-0.3, -0.25) is 4.90 Å². The van der Waals surface area contributed by atoms with E-state index in [9.17, 15) is 0 Å². The van der Waals surface area contributed by atoms with Crippen molar-refractivity contribution in [3.8, 4) is 0 Å². The first-order chi connectivity index (χ1) is 5.95. The van der Waals surface area contributed by atoms with Crippen LogP contribution in [0.2, 0.25) is 0 Å². The number of hydrogen-bond acceptors (Lipinski definition) is 4. The van der Waals surface area contributed by atoms with Crippen molar-refractivity contribution in [1.82, 2.24) is 4.90 Å². The third-order valence-corrected chi connectivity index (χ3v) is 2.21.